The highest BCUT2D eigenvalue weighted by Gasteiger charge is 2.41. The summed E-state index contributed by atoms with van der Waals surface area (Å²) in [6.07, 6.45) is -0.119. The fraction of sp³-hybridized carbons (Fsp3) is 0.125. The molecule has 1 unspecified atom stereocenters. The Hall–Kier alpha value is -3.43. The smallest absolute Gasteiger partial charge is 0.284 e. The number of aryl methyl sites for hydroxylation is 1. The van der Waals surface area contributed by atoms with E-state index < -0.39 is 21.2 Å². The molecule has 1 saturated heterocycles. The van der Waals surface area contributed by atoms with Gasteiger partial charge in [-0.2, -0.15) is 8.42 Å². The zero-order valence-corrected chi connectivity index (χ0v) is 19.3. The number of amidine groups is 1. The largest absolute Gasteiger partial charge is 0.326 e. The molecule has 1 fully saturated rings. The summed E-state index contributed by atoms with van der Waals surface area (Å²) in [7, 11) is -4.04. The molecular formula is C24H21N3O4S2. The Morgan fingerprint density at radius 3 is 2.24 bits per heavy atom. The molecular weight excluding hydrogens is 458 g/mol. The first kappa shape index (κ1) is 22.8. The van der Waals surface area contributed by atoms with E-state index in [0.717, 1.165) is 17.3 Å². The number of hydrogen-bond donors (Lipinski definition) is 1. The number of anilines is 2. The van der Waals surface area contributed by atoms with E-state index >= 15 is 0 Å². The van der Waals surface area contributed by atoms with E-state index in [0.29, 0.717) is 11.4 Å². The highest BCUT2D eigenvalue weighted by molar-refractivity contribution is 8.16. The molecule has 1 aliphatic heterocycles. The molecule has 3 aromatic carbocycles. The van der Waals surface area contributed by atoms with Crippen molar-refractivity contribution >= 4 is 50.1 Å². The van der Waals surface area contributed by atoms with E-state index in [2.05, 4.69) is 9.71 Å². The third-order valence-electron chi connectivity index (χ3n) is 4.98. The number of benzene rings is 3. The number of sulfonamides is 1. The van der Waals surface area contributed by atoms with E-state index in [4.69, 9.17) is 0 Å². The van der Waals surface area contributed by atoms with Crippen molar-refractivity contribution in [1.82, 2.24) is 0 Å². The van der Waals surface area contributed by atoms with E-state index in [9.17, 15) is 18.0 Å². The lowest BCUT2D eigenvalue weighted by Gasteiger charge is -2.16. The Kier molecular flexibility index (Phi) is 6.62. The predicted octanol–water partition coefficient (Wildman–Crippen LogP) is 4.22. The molecule has 1 aliphatic rings. The summed E-state index contributed by atoms with van der Waals surface area (Å²) < 4.78 is 29.7. The number of carbonyl (C=O) groups is 2. The molecule has 4 rings (SSSR count). The van der Waals surface area contributed by atoms with Crippen LogP contribution in [0, 0.1) is 6.92 Å². The Morgan fingerprint density at radius 2 is 1.58 bits per heavy atom. The minimum Gasteiger partial charge on any atom is -0.326 e. The zero-order chi connectivity index (χ0) is 23.4. The molecule has 1 heterocycles. The van der Waals surface area contributed by atoms with Gasteiger partial charge in [-0.05, 0) is 42.8 Å². The zero-order valence-electron chi connectivity index (χ0n) is 17.7. The lowest BCUT2D eigenvalue weighted by Crippen LogP contribution is -2.33. The summed E-state index contributed by atoms with van der Waals surface area (Å²) in [5, 5.41) is 2.03. The van der Waals surface area contributed by atoms with Gasteiger partial charge in [0.1, 0.15) is 5.25 Å². The SMILES string of the molecule is Cc1ccccc1NC(=O)CC1SC(=NS(=O)(=O)c2ccccc2)N(c2ccccc2)C1=O. The van der Waals surface area contributed by atoms with Crippen molar-refractivity contribution in [2.45, 2.75) is 23.5 Å². The van der Waals surface area contributed by atoms with Gasteiger partial charge in [0.15, 0.2) is 5.17 Å². The van der Waals surface area contributed by atoms with E-state index in [1.165, 1.54) is 17.0 Å². The maximum Gasteiger partial charge on any atom is 0.284 e. The van der Waals surface area contributed by atoms with Gasteiger partial charge in [0, 0.05) is 12.1 Å². The Morgan fingerprint density at radius 1 is 0.970 bits per heavy atom. The molecule has 0 aliphatic carbocycles. The monoisotopic (exact) mass is 479 g/mol. The first-order valence-electron chi connectivity index (χ1n) is 10.2. The number of hydrogen-bond acceptors (Lipinski definition) is 5. The second-order valence-electron chi connectivity index (χ2n) is 7.34. The summed E-state index contributed by atoms with van der Waals surface area (Å²) >= 11 is 0.973. The molecule has 0 spiro atoms. The Labute approximate surface area is 196 Å². The van der Waals surface area contributed by atoms with Crippen LogP contribution in [0.15, 0.2) is 94.2 Å². The third kappa shape index (κ3) is 5.15. The number of nitrogens with one attached hydrogen (secondary N) is 1. The van der Waals surface area contributed by atoms with Gasteiger partial charge in [-0.3, -0.25) is 14.5 Å². The van der Waals surface area contributed by atoms with Crippen molar-refractivity contribution in [3.63, 3.8) is 0 Å². The van der Waals surface area contributed by atoms with Crippen molar-refractivity contribution in [2.24, 2.45) is 4.40 Å². The van der Waals surface area contributed by atoms with Crippen LogP contribution in [0.4, 0.5) is 11.4 Å². The molecule has 1 N–H and O–H groups in total. The number of thioether (sulfide) groups is 1. The third-order valence-corrected chi connectivity index (χ3v) is 7.51. The summed E-state index contributed by atoms with van der Waals surface area (Å²) in [4.78, 5) is 27.2. The molecule has 0 saturated carbocycles. The normalized spacial score (nSPS) is 17.4. The highest BCUT2D eigenvalue weighted by Crippen LogP contribution is 2.35. The van der Waals surface area contributed by atoms with Crippen molar-refractivity contribution in [3.8, 4) is 0 Å². The van der Waals surface area contributed by atoms with E-state index in [-0.39, 0.29) is 22.4 Å². The van der Waals surface area contributed by atoms with Gasteiger partial charge in [0.2, 0.25) is 11.8 Å². The van der Waals surface area contributed by atoms with Gasteiger partial charge < -0.3 is 5.32 Å². The molecule has 9 heteroatoms. The summed E-state index contributed by atoms with van der Waals surface area (Å²) in [6.45, 7) is 1.88. The Bertz CT molecular complexity index is 1310. The fourth-order valence-corrected chi connectivity index (χ4v) is 5.66. The minimum atomic E-state index is -4.04. The van der Waals surface area contributed by atoms with Gasteiger partial charge in [-0.25, -0.2) is 0 Å². The molecule has 33 heavy (non-hydrogen) atoms. The second-order valence-corrected chi connectivity index (χ2v) is 10.1. The van der Waals surface area contributed by atoms with Crippen LogP contribution in [-0.4, -0.2) is 30.6 Å². The van der Waals surface area contributed by atoms with Gasteiger partial charge in [-0.15, -0.1) is 4.40 Å². The molecule has 0 aromatic heterocycles. The maximum absolute atomic E-state index is 13.2. The summed E-state index contributed by atoms with van der Waals surface area (Å²) in [5.74, 6) is -0.733. The fourth-order valence-electron chi connectivity index (χ4n) is 3.31. The Balaban J connectivity index is 1.63. The standard InChI is InChI=1S/C24H21N3O4S2/c1-17-10-8-9-15-20(17)25-22(28)16-21-23(29)27(18-11-4-2-5-12-18)24(32-21)26-33(30,31)19-13-6-3-7-14-19/h2-15,21H,16H2,1H3,(H,25,28). The van der Waals surface area contributed by atoms with Crippen LogP contribution in [0.25, 0.3) is 0 Å². The molecule has 168 valence electrons. The van der Waals surface area contributed by atoms with Crippen LogP contribution >= 0.6 is 11.8 Å². The van der Waals surface area contributed by atoms with Crippen LogP contribution in [0.2, 0.25) is 0 Å². The van der Waals surface area contributed by atoms with Gasteiger partial charge >= 0.3 is 0 Å². The van der Waals surface area contributed by atoms with Crippen LogP contribution < -0.4 is 10.2 Å². The van der Waals surface area contributed by atoms with Crippen LogP contribution in [-0.2, 0) is 19.6 Å². The molecule has 3 aromatic rings. The quantitative estimate of drug-likeness (QED) is 0.571. The van der Waals surface area contributed by atoms with Crippen molar-refractivity contribution in [3.05, 3.63) is 90.5 Å². The molecule has 0 bridgehead atoms. The van der Waals surface area contributed by atoms with Crippen molar-refractivity contribution in [1.29, 1.82) is 0 Å². The van der Waals surface area contributed by atoms with E-state index in [1.807, 2.05) is 25.1 Å². The number of carbonyl (C=O) groups excluding carboxylic acids is 2. The first-order chi connectivity index (χ1) is 15.8. The lowest BCUT2D eigenvalue weighted by atomic mass is 10.2. The van der Waals surface area contributed by atoms with Gasteiger partial charge in [0.25, 0.3) is 10.0 Å². The summed E-state index contributed by atoms with van der Waals surface area (Å²) in [6, 6.07) is 23.8. The molecule has 1 atom stereocenters. The second kappa shape index (κ2) is 9.60. The van der Waals surface area contributed by atoms with Crippen molar-refractivity contribution < 1.29 is 18.0 Å². The van der Waals surface area contributed by atoms with Crippen LogP contribution in [0.5, 0.6) is 0 Å². The topological polar surface area (TPSA) is 95.9 Å². The summed E-state index contributed by atoms with van der Waals surface area (Å²) in [5.41, 5.74) is 2.05. The predicted molar refractivity (Wildman–Crippen MR) is 131 cm³/mol. The van der Waals surface area contributed by atoms with Gasteiger partial charge in [-0.1, -0.05) is 66.4 Å². The van der Waals surface area contributed by atoms with Crippen LogP contribution in [0.3, 0.4) is 0 Å². The lowest BCUT2D eigenvalue weighted by molar-refractivity contribution is -0.121. The molecule has 0 radical (unpaired) electrons. The number of amides is 2. The number of para-hydroxylation sites is 2. The first-order valence-corrected chi connectivity index (χ1v) is 12.5. The average Bonchev–Trinajstić information content (AvgIpc) is 3.10. The van der Waals surface area contributed by atoms with E-state index in [1.54, 1.807) is 54.6 Å². The molecule has 2 amide bonds. The maximum atomic E-state index is 13.2. The average molecular weight is 480 g/mol. The minimum absolute atomic E-state index is 0.0174. The number of nitrogens with zero attached hydrogens (tertiary/aromatic N) is 2. The highest BCUT2D eigenvalue weighted by atomic mass is 32.2. The van der Waals surface area contributed by atoms with Gasteiger partial charge in [0.05, 0.1) is 10.6 Å². The number of rotatable bonds is 6. The van der Waals surface area contributed by atoms with Crippen LogP contribution in [0.1, 0.15) is 12.0 Å². The molecule has 7 nitrogen and oxygen atoms in total. The van der Waals surface area contributed by atoms with Crippen molar-refractivity contribution in [2.75, 3.05) is 10.2 Å².